The molecule has 7 rings (SSSR count). The van der Waals surface area contributed by atoms with Gasteiger partial charge in [0.1, 0.15) is 0 Å². The van der Waals surface area contributed by atoms with Crippen LogP contribution < -0.4 is 0 Å². The van der Waals surface area contributed by atoms with Crippen LogP contribution in [-0.4, -0.2) is 47.6 Å². The minimum absolute atomic E-state index is 0.613. The van der Waals surface area contributed by atoms with Gasteiger partial charge in [0.15, 0.2) is 0 Å². The quantitative estimate of drug-likeness (QED) is 0.377. The normalized spacial score (nSPS) is 42.0. The van der Waals surface area contributed by atoms with E-state index in [4.69, 9.17) is 0 Å². The highest BCUT2D eigenvalue weighted by Gasteiger charge is 2.74. The summed E-state index contributed by atoms with van der Waals surface area (Å²) < 4.78 is 0. The van der Waals surface area contributed by atoms with Crippen molar-refractivity contribution in [1.82, 2.24) is 9.80 Å². The van der Waals surface area contributed by atoms with Gasteiger partial charge in [-0.3, -0.25) is 9.80 Å². The van der Waals surface area contributed by atoms with E-state index in [9.17, 15) is 0 Å². The Hall–Kier alpha value is -0.0800. The van der Waals surface area contributed by atoms with Crippen LogP contribution in [0.5, 0.6) is 0 Å². The molecular formula is C26H48N2. The molecule has 5 aliphatic heterocycles. The van der Waals surface area contributed by atoms with Crippen molar-refractivity contribution in [2.45, 2.75) is 129 Å². The van der Waals surface area contributed by atoms with Gasteiger partial charge in [-0.1, -0.05) is 66.2 Å². The van der Waals surface area contributed by atoms with Gasteiger partial charge in [-0.15, -0.1) is 0 Å². The van der Waals surface area contributed by atoms with Crippen LogP contribution in [0.25, 0.3) is 0 Å². The lowest BCUT2D eigenvalue weighted by Gasteiger charge is -2.80. The van der Waals surface area contributed by atoms with Crippen molar-refractivity contribution in [2.75, 3.05) is 19.6 Å². The number of hydrogen-bond donors (Lipinski definition) is 0. The second-order valence-electron chi connectivity index (χ2n) is 11.0. The predicted octanol–water partition coefficient (Wildman–Crippen LogP) is 6.49. The molecule has 0 amide bonds. The molecule has 0 aromatic heterocycles. The van der Waals surface area contributed by atoms with E-state index in [0.717, 1.165) is 24.0 Å². The fraction of sp³-hybridized carbons (Fsp3) is 1.00. The molecule has 0 radical (unpaired) electrons. The summed E-state index contributed by atoms with van der Waals surface area (Å²) in [6, 6.07) is 2.76. The summed E-state index contributed by atoms with van der Waals surface area (Å²) >= 11 is 0. The Morgan fingerprint density at radius 1 is 0.821 bits per heavy atom. The summed E-state index contributed by atoms with van der Waals surface area (Å²) in [6.45, 7) is 13.8. The molecule has 0 aromatic rings. The molecule has 2 aliphatic carbocycles. The zero-order chi connectivity index (χ0) is 19.8. The monoisotopic (exact) mass is 388 g/mol. The fourth-order valence-electron chi connectivity index (χ4n) is 8.70. The van der Waals surface area contributed by atoms with Crippen LogP contribution in [0.2, 0.25) is 0 Å². The summed E-state index contributed by atoms with van der Waals surface area (Å²) in [5.41, 5.74) is 1.24. The van der Waals surface area contributed by atoms with E-state index >= 15 is 0 Å². The van der Waals surface area contributed by atoms with Gasteiger partial charge in [0, 0.05) is 30.1 Å². The summed E-state index contributed by atoms with van der Waals surface area (Å²) in [7, 11) is 0. The van der Waals surface area contributed by atoms with Crippen LogP contribution in [0.15, 0.2) is 0 Å². The second-order valence-corrected chi connectivity index (χ2v) is 11.0. The SMILES string of the molecule is CCCCN1CC2(CCCC)CC3C4CCC(CCCC)(C31)C2N4CCCC. The van der Waals surface area contributed by atoms with Gasteiger partial charge in [-0.25, -0.2) is 0 Å². The van der Waals surface area contributed by atoms with E-state index in [2.05, 4.69) is 37.5 Å². The van der Waals surface area contributed by atoms with Gasteiger partial charge in [0.25, 0.3) is 0 Å². The summed E-state index contributed by atoms with van der Waals surface area (Å²) in [4.78, 5) is 6.21. The topological polar surface area (TPSA) is 6.48 Å². The molecule has 2 nitrogen and oxygen atoms in total. The Morgan fingerprint density at radius 2 is 1.50 bits per heavy atom. The van der Waals surface area contributed by atoms with Gasteiger partial charge in [0.2, 0.25) is 0 Å². The van der Waals surface area contributed by atoms with Crippen molar-refractivity contribution < 1.29 is 0 Å². The maximum Gasteiger partial charge on any atom is 0.0239 e. The van der Waals surface area contributed by atoms with Crippen LogP contribution in [0.4, 0.5) is 0 Å². The molecule has 0 N–H and O–H groups in total. The van der Waals surface area contributed by atoms with E-state index in [0.29, 0.717) is 10.8 Å². The van der Waals surface area contributed by atoms with Crippen LogP contribution in [-0.2, 0) is 0 Å². The molecule has 6 unspecified atom stereocenters. The van der Waals surface area contributed by atoms with Crippen molar-refractivity contribution in [3.8, 4) is 0 Å². The van der Waals surface area contributed by atoms with Gasteiger partial charge < -0.3 is 0 Å². The van der Waals surface area contributed by atoms with Gasteiger partial charge in [0.05, 0.1) is 0 Å². The Kier molecular flexibility index (Phi) is 6.48. The molecule has 5 heterocycles. The standard InChI is InChI=1S/C26H48N2/c1-5-9-14-25-19-21-22-13-16-26(15-10-6-2,24(25)28(22)18-12-8-4)23(21)27(20-25)17-11-7-3/h21-24H,5-20H2,1-4H3. The first kappa shape index (κ1) is 21.2. The Labute approximate surface area is 175 Å². The summed E-state index contributed by atoms with van der Waals surface area (Å²) in [5, 5.41) is 0. The molecule has 2 heteroatoms. The Morgan fingerprint density at radius 3 is 2.21 bits per heavy atom. The number of nitrogens with zero attached hydrogens (tertiary/aromatic N) is 2. The third kappa shape index (κ3) is 3.11. The minimum atomic E-state index is 0.613. The maximum atomic E-state index is 3.14. The number of piperidine rings is 5. The third-order valence-corrected chi connectivity index (χ3v) is 9.42. The van der Waals surface area contributed by atoms with E-state index in [1.807, 2.05) is 0 Å². The van der Waals surface area contributed by atoms with Crippen LogP contribution in [0.1, 0.15) is 111 Å². The number of rotatable bonds is 12. The average Bonchev–Trinajstić information content (AvgIpc) is 2.73. The lowest BCUT2D eigenvalue weighted by Crippen LogP contribution is -2.86. The van der Waals surface area contributed by atoms with E-state index in [1.54, 1.807) is 12.8 Å². The van der Waals surface area contributed by atoms with Crippen molar-refractivity contribution in [1.29, 1.82) is 0 Å². The maximum absolute atomic E-state index is 3.14. The minimum Gasteiger partial charge on any atom is -0.299 e. The molecule has 0 spiro atoms. The van der Waals surface area contributed by atoms with E-state index < -0.39 is 0 Å². The molecule has 6 bridgehead atoms. The first-order chi connectivity index (χ1) is 13.7. The van der Waals surface area contributed by atoms with Crippen molar-refractivity contribution in [2.24, 2.45) is 16.7 Å². The predicted molar refractivity (Wildman–Crippen MR) is 121 cm³/mol. The van der Waals surface area contributed by atoms with E-state index in [-0.39, 0.29) is 0 Å². The largest absolute Gasteiger partial charge is 0.299 e. The van der Waals surface area contributed by atoms with Gasteiger partial charge in [-0.2, -0.15) is 0 Å². The van der Waals surface area contributed by atoms with Crippen molar-refractivity contribution >= 4 is 0 Å². The van der Waals surface area contributed by atoms with Gasteiger partial charge >= 0.3 is 0 Å². The molecule has 28 heavy (non-hydrogen) atoms. The average molecular weight is 389 g/mol. The Balaban J connectivity index is 1.72. The molecule has 5 saturated heterocycles. The molecule has 0 aromatic carbocycles. The smallest absolute Gasteiger partial charge is 0.0239 e. The molecule has 7 aliphatic rings. The van der Waals surface area contributed by atoms with Crippen LogP contribution in [0, 0.1) is 16.7 Å². The van der Waals surface area contributed by atoms with Gasteiger partial charge in [-0.05, 0) is 69.4 Å². The van der Waals surface area contributed by atoms with Crippen molar-refractivity contribution in [3.05, 3.63) is 0 Å². The van der Waals surface area contributed by atoms with Crippen LogP contribution >= 0.6 is 0 Å². The lowest BCUT2D eigenvalue weighted by atomic mass is 9.38. The highest BCUT2D eigenvalue weighted by atomic mass is 15.3. The highest BCUT2D eigenvalue weighted by Crippen LogP contribution is 2.70. The highest BCUT2D eigenvalue weighted by molar-refractivity contribution is 5.27. The molecule has 2 saturated carbocycles. The first-order valence-corrected chi connectivity index (χ1v) is 13.2. The molecule has 7 fully saturated rings. The Bertz CT molecular complexity index is 519. The zero-order valence-electron chi connectivity index (χ0n) is 19.5. The first-order valence-electron chi connectivity index (χ1n) is 13.2. The molecule has 6 atom stereocenters. The molecular weight excluding hydrogens is 340 g/mol. The van der Waals surface area contributed by atoms with E-state index in [1.165, 1.54) is 90.3 Å². The zero-order valence-corrected chi connectivity index (χ0v) is 19.5. The summed E-state index contributed by atoms with van der Waals surface area (Å²) in [6.07, 6.45) is 18.8. The number of hydrogen-bond acceptors (Lipinski definition) is 2. The lowest BCUT2D eigenvalue weighted by molar-refractivity contribution is -0.300. The number of fused-ring (bicyclic) bond motifs is 2. The summed E-state index contributed by atoms with van der Waals surface area (Å²) in [5.74, 6) is 0.981. The second kappa shape index (κ2) is 8.58. The third-order valence-electron chi connectivity index (χ3n) is 9.42. The molecule has 162 valence electrons. The number of unbranched alkanes of at least 4 members (excludes halogenated alkanes) is 4. The fourth-order valence-corrected chi connectivity index (χ4v) is 8.70. The van der Waals surface area contributed by atoms with Crippen LogP contribution in [0.3, 0.4) is 0 Å². The van der Waals surface area contributed by atoms with Crippen molar-refractivity contribution in [3.63, 3.8) is 0 Å².